The molecule has 0 bridgehead atoms. The molecule has 0 spiro atoms. The van der Waals surface area contributed by atoms with Gasteiger partial charge in [-0.05, 0) is 38.1 Å². The maximum Gasteiger partial charge on any atom is 0.128 e. The number of aromatic nitrogens is 2. The minimum absolute atomic E-state index is 0.546. The molecule has 1 aliphatic heterocycles. The van der Waals surface area contributed by atoms with Crippen LogP contribution in [-0.4, -0.2) is 30.2 Å². The van der Waals surface area contributed by atoms with Crippen molar-refractivity contribution in [3.05, 3.63) is 36.3 Å². The first-order chi connectivity index (χ1) is 9.38. The zero-order valence-electron chi connectivity index (χ0n) is 11.1. The average Bonchev–Trinajstić information content (AvgIpc) is 2.98. The van der Waals surface area contributed by atoms with Gasteiger partial charge >= 0.3 is 0 Å². The van der Waals surface area contributed by atoms with Gasteiger partial charge < -0.3 is 15.0 Å². The Balaban J connectivity index is 1.88. The predicted molar refractivity (Wildman–Crippen MR) is 75.4 cm³/mol. The Morgan fingerprint density at radius 1 is 1.21 bits per heavy atom. The van der Waals surface area contributed by atoms with Gasteiger partial charge in [-0.3, -0.25) is 0 Å². The highest BCUT2D eigenvalue weighted by Crippen LogP contribution is 2.30. The molecule has 1 fully saturated rings. The van der Waals surface area contributed by atoms with Crippen molar-refractivity contribution in [3.8, 4) is 17.0 Å². The van der Waals surface area contributed by atoms with Crippen LogP contribution in [0.2, 0.25) is 0 Å². The molecule has 0 aliphatic carbocycles. The monoisotopic (exact) mass is 257 g/mol. The van der Waals surface area contributed by atoms with Crippen LogP contribution < -0.4 is 10.1 Å². The second kappa shape index (κ2) is 5.45. The van der Waals surface area contributed by atoms with Crippen molar-refractivity contribution in [2.75, 3.05) is 20.2 Å². The summed E-state index contributed by atoms with van der Waals surface area (Å²) in [7, 11) is 1.70. The Labute approximate surface area is 113 Å². The summed E-state index contributed by atoms with van der Waals surface area (Å²) in [5.41, 5.74) is 2.10. The lowest BCUT2D eigenvalue weighted by Crippen LogP contribution is -2.27. The van der Waals surface area contributed by atoms with Crippen LogP contribution in [0.15, 0.2) is 30.5 Å². The van der Waals surface area contributed by atoms with Crippen molar-refractivity contribution in [2.45, 2.75) is 18.8 Å². The van der Waals surface area contributed by atoms with Gasteiger partial charge in [-0.25, -0.2) is 4.98 Å². The molecule has 3 rings (SSSR count). The van der Waals surface area contributed by atoms with E-state index in [0.29, 0.717) is 5.92 Å². The molecule has 4 nitrogen and oxygen atoms in total. The van der Waals surface area contributed by atoms with Gasteiger partial charge in [-0.1, -0.05) is 12.1 Å². The maximum atomic E-state index is 5.40. The van der Waals surface area contributed by atoms with Crippen LogP contribution in [0, 0.1) is 0 Å². The molecule has 1 aliphatic rings. The van der Waals surface area contributed by atoms with Crippen LogP contribution in [0.3, 0.4) is 0 Å². The number of piperidine rings is 1. The van der Waals surface area contributed by atoms with E-state index in [0.717, 1.165) is 48.8 Å². The third-order valence-electron chi connectivity index (χ3n) is 3.72. The Morgan fingerprint density at radius 3 is 2.79 bits per heavy atom. The molecule has 100 valence electrons. The van der Waals surface area contributed by atoms with Crippen molar-refractivity contribution in [2.24, 2.45) is 0 Å². The number of aromatic amines is 1. The molecular weight excluding hydrogens is 238 g/mol. The van der Waals surface area contributed by atoms with Gasteiger partial charge in [0.05, 0.1) is 19.0 Å². The van der Waals surface area contributed by atoms with E-state index in [-0.39, 0.29) is 0 Å². The van der Waals surface area contributed by atoms with Crippen LogP contribution in [-0.2, 0) is 0 Å². The first-order valence-corrected chi connectivity index (χ1v) is 6.77. The maximum absolute atomic E-state index is 5.40. The molecule has 0 unspecified atom stereocenters. The number of nitrogens with one attached hydrogen (secondary N) is 2. The molecule has 2 N–H and O–H groups in total. The Bertz CT molecular complexity index is 544. The minimum atomic E-state index is 0.546. The SMILES string of the molecule is COc1ccccc1-c1cnc(C2CCNCC2)[nH]1. The zero-order valence-corrected chi connectivity index (χ0v) is 11.1. The first-order valence-electron chi connectivity index (χ1n) is 6.77. The van der Waals surface area contributed by atoms with Gasteiger partial charge in [-0.15, -0.1) is 0 Å². The highest BCUT2D eigenvalue weighted by atomic mass is 16.5. The second-order valence-electron chi connectivity index (χ2n) is 4.91. The molecule has 0 atom stereocenters. The predicted octanol–water partition coefficient (Wildman–Crippen LogP) is 2.55. The van der Waals surface area contributed by atoms with Crippen LogP contribution in [0.1, 0.15) is 24.6 Å². The number of para-hydroxylation sites is 1. The fourth-order valence-corrected chi connectivity index (χ4v) is 2.64. The number of hydrogen-bond acceptors (Lipinski definition) is 3. The van der Waals surface area contributed by atoms with E-state index in [1.807, 2.05) is 24.4 Å². The number of H-pyrrole nitrogens is 1. The molecule has 1 aromatic carbocycles. The van der Waals surface area contributed by atoms with E-state index >= 15 is 0 Å². The zero-order chi connectivity index (χ0) is 13.1. The largest absolute Gasteiger partial charge is 0.496 e. The molecular formula is C15H19N3O. The average molecular weight is 257 g/mol. The standard InChI is InChI=1S/C15H19N3O/c1-19-14-5-3-2-4-12(14)13-10-17-15(18-13)11-6-8-16-9-7-11/h2-5,10-11,16H,6-9H2,1H3,(H,17,18). The molecule has 2 aromatic rings. The van der Waals surface area contributed by atoms with Crippen LogP contribution in [0.4, 0.5) is 0 Å². The number of methoxy groups -OCH3 is 1. The van der Waals surface area contributed by atoms with E-state index in [4.69, 9.17) is 4.74 Å². The number of hydrogen-bond donors (Lipinski definition) is 2. The summed E-state index contributed by atoms with van der Waals surface area (Å²) in [6, 6.07) is 8.02. The number of imidazole rings is 1. The van der Waals surface area contributed by atoms with E-state index in [2.05, 4.69) is 21.4 Å². The quantitative estimate of drug-likeness (QED) is 0.888. The van der Waals surface area contributed by atoms with Gasteiger partial charge in [0.2, 0.25) is 0 Å². The minimum Gasteiger partial charge on any atom is -0.496 e. The lowest BCUT2D eigenvalue weighted by molar-refractivity contribution is 0.416. The lowest BCUT2D eigenvalue weighted by atomic mass is 9.98. The number of ether oxygens (including phenoxy) is 1. The fraction of sp³-hybridized carbons (Fsp3) is 0.400. The second-order valence-corrected chi connectivity index (χ2v) is 4.91. The Morgan fingerprint density at radius 2 is 2.00 bits per heavy atom. The van der Waals surface area contributed by atoms with Gasteiger partial charge in [0.15, 0.2) is 0 Å². The number of rotatable bonds is 3. The third-order valence-corrected chi connectivity index (χ3v) is 3.72. The molecule has 4 heteroatoms. The smallest absolute Gasteiger partial charge is 0.128 e. The lowest BCUT2D eigenvalue weighted by Gasteiger charge is -2.20. The summed E-state index contributed by atoms with van der Waals surface area (Å²) in [6.07, 6.45) is 4.22. The summed E-state index contributed by atoms with van der Waals surface area (Å²) < 4.78 is 5.40. The van der Waals surface area contributed by atoms with E-state index in [1.165, 1.54) is 0 Å². The number of nitrogens with zero attached hydrogens (tertiary/aromatic N) is 1. The highest BCUT2D eigenvalue weighted by Gasteiger charge is 2.18. The summed E-state index contributed by atoms with van der Waals surface area (Å²) in [4.78, 5) is 8.01. The molecule has 1 aromatic heterocycles. The van der Waals surface area contributed by atoms with Crippen molar-refractivity contribution in [1.29, 1.82) is 0 Å². The van der Waals surface area contributed by atoms with Crippen molar-refractivity contribution in [3.63, 3.8) is 0 Å². The molecule has 19 heavy (non-hydrogen) atoms. The Kier molecular flexibility index (Phi) is 3.51. The summed E-state index contributed by atoms with van der Waals surface area (Å²) in [6.45, 7) is 2.16. The molecule has 0 radical (unpaired) electrons. The fourth-order valence-electron chi connectivity index (χ4n) is 2.64. The van der Waals surface area contributed by atoms with Crippen molar-refractivity contribution >= 4 is 0 Å². The first kappa shape index (κ1) is 12.2. The Hall–Kier alpha value is -1.81. The third kappa shape index (κ3) is 2.49. The van der Waals surface area contributed by atoms with Crippen molar-refractivity contribution < 1.29 is 4.74 Å². The van der Waals surface area contributed by atoms with Crippen molar-refractivity contribution in [1.82, 2.24) is 15.3 Å². The van der Waals surface area contributed by atoms with E-state index in [1.54, 1.807) is 7.11 Å². The van der Waals surface area contributed by atoms with Crippen LogP contribution in [0.25, 0.3) is 11.3 Å². The molecule has 1 saturated heterocycles. The van der Waals surface area contributed by atoms with Gasteiger partial charge in [0, 0.05) is 11.5 Å². The molecule has 0 amide bonds. The normalized spacial score (nSPS) is 16.5. The number of benzene rings is 1. The van der Waals surface area contributed by atoms with Gasteiger partial charge in [0.25, 0.3) is 0 Å². The molecule has 2 heterocycles. The van der Waals surface area contributed by atoms with Gasteiger partial charge in [0.1, 0.15) is 11.6 Å². The van der Waals surface area contributed by atoms with E-state index < -0.39 is 0 Å². The summed E-state index contributed by atoms with van der Waals surface area (Å²) >= 11 is 0. The van der Waals surface area contributed by atoms with Crippen LogP contribution in [0.5, 0.6) is 5.75 Å². The summed E-state index contributed by atoms with van der Waals surface area (Å²) in [5, 5.41) is 3.38. The van der Waals surface area contributed by atoms with Gasteiger partial charge in [-0.2, -0.15) is 0 Å². The highest BCUT2D eigenvalue weighted by molar-refractivity contribution is 5.66. The van der Waals surface area contributed by atoms with Crippen LogP contribution >= 0.6 is 0 Å². The summed E-state index contributed by atoms with van der Waals surface area (Å²) in [5.74, 6) is 2.52. The van der Waals surface area contributed by atoms with E-state index in [9.17, 15) is 0 Å². The topological polar surface area (TPSA) is 49.9 Å². The molecule has 0 saturated carbocycles.